The van der Waals surface area contributed by atoms with Gasteiger partial charge in [0.2, 0.25) is 0 Å². The number of hydrogen-bond acceptors (Lipinski definition) is 2. The molecule has 2 heterocycles. The summed E-state index contributed by atoms with van der Waals surface area (Å²) >= 11 is 0. The third-order valence-electron chi connectivity index (χ3n) is 5.79. The Morgan fingerprint density at radius 3 is 1.76 bits per heavy atom. The maximum absolute atomic E-state index is 4.56. The van der Waals surface area contributed by atoms with Gasteiger partial charge >= 0.3 is 0 Å². The fourth-order valence-electron chi connectivity index (χ4n) is 3.38. The highest BCUT2D eigenvalue weighted by atomic mass is 14.8. The smallest absolute Gasteiger partial charge is 0.0670 e. The van der Waals surface area contributed by atoms with Crippen LogP contribution in [-0.2, 0) is 10.8 Å². The minimum absolute atomic E-state index is 0.126. The SMILES string of the molecule is CC1=Nc2ccc(C)cc2C1(C)C.CC1=Nc2ccccc2C1(C)C. The second-order valence-electron chi connectivity index (χ2n) is 8.18. The van der Waals surface area contributed by atoms with Crippen LogP contribution in [0.2, 0.25) is 0 Å². The first-order valence-electron chi connectivity index (χ1n) is 8.96. The molecule has 0 fully saturated rings. The molecule has 0 aliphatic carbocycles. The number of benzene rings is 2. The van der Waals surface area contributed by atoms with Gasteiger partial charge in [0.25, 0.3) is 0 Å². The minimum Gasteiger partial charge on any atom is -0.257 e. The van der Waals surface area contributed by atoms with Crippen LogP contribution < -0.4 is 0 Å². The van der Waals surface area contributed by atoms with Crippen molar-refractivity contribution in [3.8, 4) is 0 Å². The van der Waals surface area contributed by atoms with Gasteiger partial charge in [0.05, 0.1) is 11.4 Å². The van der Waals surface area contributed by atoms with Crippen LogP contribution in [0.5, 0.6) is 0 Å². The molecule has 2 aromatic carbocycles. The maximum Gasteiger partial charge on any atom is 0.0670 e. The Kier molecular flexibility index (Phi) is 4.18. The highest BCUT2D eigenvalue weighted by molar-refractivity contribution is 6.00. The summed E-state index contributed by atoms with van der Waals surface area (Å²) in [4.78, 5) is 9.08. The van der Waals surface area contributed by atoms with Crippen LogP contribution in [0, 0.1) is 6.92 Å². The molecule has 0 saturated carbocycles. The number of para-hydroxylation sites is 1. The molecule has 2 aliphatic heterocycles. The molecule has 0 N–H and O–H groups in total. The molecule has 2 nitrogen and oxygen atoms in total. The molecule has 25 heavy (non-hydrogen) atoms. The number of nitrogens with zero attached hydrogens (tertiary/aromatic N) is 2. The Bertz CT molecular complexity index is 883. The van der Waals surface area contributed by atoms with E-state index in [4.69, 9.17) is 0 Å². The van der Waals surface area contributed by atoms with Crippen molar-refractivity contribution in [3.05, 3.63) is 59.2 Å². The van der Waals surface area contributed by atoms with E-state index in [2.05, 4.69) is 94.8 Å². The van der Waals surface area contributed by atoms with E-state index in [0.717, 1.165) is 11.4 Å². The largest absolute Gasteiger partial charge is 0.257 e. The van der Waals surface area contributed by atoms with Crippen LogP contribution in [0.1, 0.15) is 58.2 Å². The number of hydrogen-bond donors (Lipinski definition) is 0. The molecule has 0 radical (unpaired) electrons. The first kappa shape index (κ1) is 17.6. The summed E-state index contributed by atoms with van der Waals surface area (Å²) in [6.45, 7) is 15.2. The van der Waals surface area contributed by atoms with Crippen molar-refractivity contribution < 1.29 is 0 Å². The Hall–Kier alpha value is -2.22. The molecular formula is C23H28N2. The van der Waals surface area contributed by atoms with Gasteiger partial charge in [-0.25, -0.2) is 0 Å². The van der Waals surface area contributed by atoms with Gasteiger partial charge in [0.1, 0.15) is 0 Å². The molecule has 0 saturated heterocycles. The highest BCUT2D eigenvalue weighted by Crippen LogP contribution is 2.40. The average molecular weight is 332 g/mol. The minimum atomic E-state index is 0.126. The van der Waals surface area contributed by atoms with Gasteiger partial charge in [-0.1, -0.05) is 63.6 Å². The zero-order valence-corrected chi connectivity index (χ0v) is 16.4. The van der Waals surface area contributed by atoms with E-state index in [1.807, 2.05) is 6.07 Å². The van der Waals surface area contributed by atoms with Crippen molar-refractivity contribution in [1.82, 2.24) is 0 Å². The highest BCUT2D eigenvalue weighted by Gasteiger charge is 2.32. The van der Waals surface area contributed by atoms with Crippen molar-refractivity contribution in [2.24, 2.45) is 9.98 Å². The zero-order chi connectivity index (χ0) is 18.4. The molecule has 2 heteroatoms. The molecule has 0 amide bonds. The lowest BCUT2D eigenvalue weighted by Crippen LogP contribution is -2.22. The molecular weight excluding hydrogens is 304 g/mol. The van der Waals surface area contributed by atoms with Gasteiger partial charge in [0, 0.05) is 22.3 Å². The van der Waals surface area contributed by atoms with Crippen LogP contribution >= 0.6 is 0 Å². The Morgan fingerprint density at radius 2 is 1.16 bits per heavy atom. The van der Waals surface area contributed by atoms with E-state index in [9.17, 15) is 0 Å². The quantitative estimate of drug-likeness (QED) is 0.529. The third-order valence-corrected chi connectivity index (χ3v) is 5.79. The second-order valence-corrected chi connectivity index (χ2v) is 8.18. The average Bonchev–Trinajstić information content (AvgIpc) is 2.92. The maximum atomic E-state index is 4.56. The summed E-state index contributed by atoms with van der Waals surface area (Å²) in [5, 5.41) is 0. The van der Waals surface area contributed by atoms with Gasteiger partial charge in [0.15, 0.2) is 0 Å². The van der Waals surface area contributed by atoms with Crippen molar-refractivity contribution in [1.29, 1.82) is 0 Å². The van der Waals surface area contributed by atoms with E-state index >= 15 is 0 Å². The van der Waals surface area contributed by atoms with Gasteiger partial charge in [-0.3, -0.25) is 9.98 Å². The van der Waals surface area contributed by atoms with Crippen molar-refractivity contribution >= 4 is 22.8 Å². The number of aryl methyl sites for hydroxylation is 1. The van der Waals surface area contributed by atoms with E-state index in [1.165, 1.54) is 28.1 Å². The Balaban J connectivity index is 0.000000146. The van der Waals surface area contributed by atoms with Crippen molar-refractivity contribution in [3.63, 3.8) is 0 Å². The number of aliphatic imine (C=N–C) groups is 2. The van der Waals surface area contributed by atoms with E-state index in [0.29, 0.717) is 0 Å². The Labute approximate surface area is 151 Å². The first-order valence-corrected chi connectivity index (χ1v) is 8.96. The third kappa shape index (κ3) is 2.95. The van der Waals surface area contributed by atoms with Gasteiger partial charge in [-0.2, -0.15) is 0 Å². The number of rotatable bonds is 0. The first-order chi connectivity index (χ1) is 11.6. The summed E-state index contributed by atoms with van der Waals surface area (Å²) in [6.07, 6.45) is 0. The monoisotopic (exact) mass is 332 g/mol. The molecule has 0 unspecified atom stereocenters. The van der Waals surface area contributed by atoms with Gasteiger partial charge in [-0.15, -0.1) is 0 Å². The lowest BCUT2D eigenvalue weighted by molar-refractivity contribution is 0.732. The van der Waals surface area contributed by atoms with Crippen LogP contribution in [-0.4, -0.2) is 11.4 Å². The van der Waals surface area contributed by atoms with Crippen LogP contribution in [0.15, 0.2) is 52.4 Å². The number of fused-ring (bicyclic) bond motifs is 2. The van der Waals surface area contributed by atoms with Crippen molar-refractivity contribution in [2.45, 2.75) is 59.3 Å². The van der Waals surface area contributed by atoms with Crippen LogP contribution in [0.4, 0.5) is 11.4 Å². The Morgan fingerprint density at radius 1 is 0.640 bits per heavy atom. The summed E-state index contributed by atoms with van der Waals surface area (Å²) in [7, 11) is 0. The summed E-state index contributed by atoms with van der Waals surface area (Å²) < 4.78 is 0. The fourth-order valence-corrected chi connectivity index (χ4v) is 3.38. The molecule has 130 valence electrons. The van der Waals surface area contributed by atoms with E-state index in [1.54, 1.807) is 0 Å². The molecule has 0 bridgehead atoms. The lowest BCUT2D eigenvalue weighted by atomic mass is 9.82. The molecule has 0 atom stereocenters. The van der Waals surface area contributed by atoms with Crippen molar-refractivity contribution in [2.75, 3.05) is 0 Å². The molecule has 0 aromatic heterocycles. The fraction of sp³-hybridized carbons (Fsp3) is 0.391. The zero-order valence-electron chi connectivity index (χ0n) is 16.4. The normalized spacial score (nSPS) is 18.5. The second kappa shape index (κ2) is 5.94. The molecule has 2 aromatic rings. The lowest BCUT2D eigenvalue weighted by Gasteiger charge is -2.20. The standard InChI is InChI=1S/C12H15N.C11H13N/c1-8-5-6-11-10(7-8)12(3,4)9(2)13-11;1-8-11(2,3)9-6-4-5-7-10(9)12-8/h5-7H,1-4H3;4-7H,1-3H3. The van der Waals surface area contributed by atoms with E-state index < -0.39 is 0 Å². The topological polar surface area (TPSA) is 24.7 Å². The molecule has 4 rings (SSSR count). The molecule has 2 aliphatic rings. The predicted octanol–water partition coefficient (Wildman–Crippen LogP) is 6.45. The predicted molar refractivity (Wildman–Crippen MR) is 109 cm³/mol. The van der Waals surface area contributed by atoms with Crippen LogP contribution in [0.3, 0.4) is 0 Å². The van der Waals surface area contributed by atoms with E-state index in [-0.39, 0.29) is 10.8 Å². The summed E-state index contributed by atoms with van der Waals surface area (Å²) in [5.74, 6) is 0. The van der Waals surface area contributed by atoms with Gasteiger partial charge < -0.3 is 0 Å². The van der Waals surface area contributed by atoms with Crippen LogP contribution in [0.25, 0.3) is 0 Å². The summed E-state index contributed by atoms with van der Waals surface area (Å²) in [6, 6.07) is 14.8. The summed E-state index contributed by atoms with van der Waals surface area (Å²) in [5.41, 5.74) is 9.01. The van der Waals surface area contributed by atoms with Gasteiger partial charge in [-0.05, 0) is 44.0 Å². The molecule has 0 spiro atoms.